The van der Waals surface area contributed by atoms with Gasteiger partial charge in [0.15, 0.2) is 0 Å². The molecule has 0 radical (unpaired) electrons. The van der Waals surface area contributed by atoms with E-state index in [1.807, 2.05) is 12.1 Å². The predicted molar refractivity (Wildman–Crippen MR) is 96.4 cm³/mol. The number of carbonyl (C=O) groups is 1. The number of rotatable bonds is 11. The van der Waals surface area contributed by atoms with Crippen LogP contribution in [0.25, 0.3) is 0 Å². The van der Waals surface area contributed by atoms with E-state index in [0.29, 0.717) is 5.56 Å². The zero-order valence-electron chi connectivity index (χ0n) is 14.6. The Labute approximate surface area is 141 Å². The van der Waals surface area contributed by atoms with Crippen LogP contribution in [0.3, 0.4) is 0 Å². The van der Waals surface area contributed by atoms with Crippen LogP contribution in [-0.2, 0) is 6.42 Å². The van der Waals surface area contributed by atoms with Crippen molar-refractivity contribution in [2.45, 2.75) is 83.2 Å². The fraction of sp³-hybridized carbons (Fsp3) is 0.650. The van der Waals surface area contributed by atoms with Gasteiger partial charge >= 0.3 is 0 Å². The van der Waals surface area contributed by atoms with Crippen molar-refractivity contribution in [1.29, 1.82) is 0 Å². The van der Waals surface area contributed by atoms with Gasteiger partial charge in [0.05, 0.1) is 5.66 Å². The Bertz CT molecular complexity index is 477. The van der Waals surface area contributed by atoms with Crippen LogP contribution < -0.4 is 11.1 Å². The van der Waals surface area contributed by atoms with Gasteiger partial charge in [-0.15, -0.1) is 0 Å². The lowest BCUT2D eigenvalue weighted by atomic mass is 10.0. The Morgan fingerprint density at radius 1 is 1.00 bits per heavy atom. The first kappa shape index (κ1) is 18.0. The SMILES string of the molecule is CCCCCCCCCCc1ccc(C(=O)NC2(N)CC2)cc1. The van der Waals surface area contributed by atoms with Crippen LogP contribution in [0.5, 0.6) is 0 Å². The second kappa shape index (κ2) is 9.07. The van der Waals surface area contributed by atoms with Gasteiger partial charge in [-0.3, -0.25) is 4.79 Å². The maximum Gasteiger partial charge on any atom is 0.252 e. The number of hydrogen-bond acceptors (Lipinski definition) is 2. The summed E-state index contributed by atoms with van der Waals surface area (Å²) in [6.07, 6.45) is 13.6. The van der Waals surface area contributed by atoms with Crippen molar-refractivity contribution < 1.29 is 4.79 Å². The smallest absolute Gasteiger partial charge is 0.252 e. The molecule has 0 spiro atoms. The van der Waals surface area contributed by atoms with E-state index in [0.717, 1.165) is 19.3 Å². The van der Waals surface area contributed by atoms with Gasteiger partial charge in [0.25, 0.3) is 5.91 Å². The van der Waals surface area contributed by atoms with Crippen molar-refractivity contribution in [2.24, 2.45) is 5.73 Å². The third kappa shape index (κ3) is 6.74. The molecule has 3 nitrogen and oxygen atoms in total. The summed E-state index contributed by atoms with van der Waals surface area (Å²) in [6, 6.07) is 7.99. The first-order valence-corrected chi connectivity index (χ1v) is 9.33. The summed E-state index contributed by atoms with van der Waals surface area (Å²) in [5.74, 6) is -0.0522. The molecule has 1 aliphatic carbocycles. The summed E-state index contributed by atoms with van der Waals surface area (Å²) < 4.78 is 0. The number of amides is 1. The van der Waals surface area contributed by atoms with Gasteiger partial charge in [0, 0.05) is 5.56 Å². The third-order valence-corrected chi connectivity index (χ3v) is 4.69. The van der Waals surface area contributed by atoms with E-state index in [4.69, 9.17) is 5.73 Å². The highest BCUT2D eigenvalue weighted by Crippen LogP contribution is 2.29. The van der Waals surface area contributed by atoms with Crippen LogP contribution in [0.15, 0.2) is 24.3 Å². The maximum absolute atomic E-state index is 12.0. The molecule has 0 unspecified atom stereocenters. The molecule has 1 fully saturated rings. The number of benzene rings is 1. The molecule has 1 aliphatic rings. The fourth-order valence-corrected chi connectivity index (χ4v) is 2.84. The number of nitrogens with one attached hydrogen (secondary N) is 1. The molecule has 3 heteroatoms. The largest absolute Gasteiger partial charge is 0.334 e. The van der Waals surface area contributed by atoms with E-state index in [-0.39, 0.29) is 5.91 Å². The van der Waals surface area contributed by atoms with Gasteiger partial charge in [-0.2, -0.15) is 0 Å². The zero-order valence-corrected chi connectivity index (χ0v) is 14.6. The molecule has 1 aromatic carbocycles. The van der Waals surface area contributed by atoms with Gasteiger partial charge < -0.3 is 11.1 Å². The first-order chi connectivity index (χ1) is 11.1. The Balaban J connectivity index is 1.60. The lowest BCUT2D eigenvalue weighted by Gasteiger charge is -2.11. The quantitative estimate of drug-likeness (QED) is 0.465. The van der Waals surface area contributed by atoms with E-state index in [9.17, 15) is 4.79 Å². The van der Waals surface area contributed by atoms with Crippen LogP contribution in [-0.4, -0.2) is 11.6 Å². The molecular formula is C20H32N2O. The molecule has 1 aromatic rings. The van der Waals surface area contributed by atoms with Crippen LogP contribution >= 0.6 is 0 Å². The minimum absolute atomic E-state index is 0.0522. The van der Waals surface area contributed by atoms with Crippen molar-refractivity contribution in [1.82, 2.24) is 5.32 Å². The highest BCUT2D eigenvalue weighted by atomic mass is 16.2. The Kier molecular flexibility index (Phi) is 7.10. The number of hydrogen-bond donors (Lipinski definition) is 2. The van der Waals surface area contributed by atoms with Crippen molar-refractivity contribution in [3.8, 4) is 0 Å². The van der Waals surface area contributed by atoms with E-state index < -0.39 is 5.66 Å². The van der Waals surface area contributed by atoms with Gasteiger partial charge in [0.1, 0.15) is 0 Å². The van der Waals surface area contributed by atoms with E-state index in [1.165, 1.54) is 56.9 Å². The number of unbranched alkanes of at least 4 members (excludes halogenated alkanes) is 7. The molecule has 2 rings (SSSR count). The van der Waals surface area contributed by atoms with Crippen LogP contribution in [0.2, 0.25) is 0 Å². The summed E-state index contributed by atoms with van der Waals surface area (Å²) in [5.41, 5.74) is 7.51. The van der Waals surface area contributed by atoms with Gasteiger partial charge in [-0.1, -0.05) is 64.0 Å². The topological polar surface area (TPSA) is 55.1 Å². The molecule has 0 aromatic heterocycles. The van der Waals surface area contributed by atoms with Gasteiger partial charge in [-0.05, 0) is 43.4 Å². The summed E-state index contributed by atoms with van der Waals surface area (Å²) in [6.45, 7) is 2.26. The summed E-state index contributed by atoms with van der Waals surface area (Å²) >= 11 is 0. The molecule has 0 saturated heterocycles. The molecule has 23 heavy (non-hydrogen) atoms. The average molecular weight is 316 g/mol. The van der Waals surface area contributed by atoms with Crippen LogP contribution in [0.4, 0.5) is 0 Å². The molecule has 128 valence electrons. The Hall–Kier alpha value is -1.35. The molecule has 0 aliphatic heterocycles. The Morgan fingerprint density at radius 2 is 1.57 bits per heavy atom. The monoisotopic (exact) mass is 316 g/mol. The molecule has 1 saturated carbocycles. The molecule has 0 heterocycles. The Morgan fingerprint density at radius 3 is 2.13 bits per heavy atom. The maximum atomic E-state index is 12.0. The molecule has 0 atom stereocenters. The molecule has 0 bridgehead atoms. The highest BCUT2D eigenvalue weighted by Gasteiger charge is 2.39. The highest BCUT2D eigenvalue weighted by molar-refractivity contribution is 5.94. The van der Waals surface area contributed by atoms with Crippen molar-refractivity contribution in [3.63, 3.8) is 0 Å². The summed E-state index contributed by atoms with van der Waals surface area (Å²) in [5, 5.41) is 2.89. The van der Waals surface area contributed by atoms with Crippen LogP contribution in [0.1, 0.15) is 87.1 Å². The second-order valence-corrected chi connectivity index (χ2v) is 7.03. The van der Waals surface area contributed by atoms with Gasteiger partial charge in [-0.25, -0.2) is 0 Å². The number of carbonyl (C=O) groups excluding carboxylic acids is 1. The molecule has 1 amide bonds. The van der Waals surface area contributed by atoms with Crippen molar-refractivity contribution in [3.05, 3.63) is 35.4 Å². The lowest BCUT2D eigenvalue weighted by molar-refractivity contribution is 0.0933. The van der Waals surface area contributed by atoms with E-state index >= 15 is 0 Å². The standard InChI is InChI=1S/C20H32N2O/c1-2-3-4-5-6-7-8-9-10-17-11-13-18(14-12-17)19(23)22-20(21)15-16-20/h11-14H,2-10,15-16,21H2,1H3,(H,22,23). The number of aryl methyl sites for hydroxylation is 1. The second-order valence-electron chi connectivity index (χ2n) is 7.03. The van der Waals surface area contributed by atoms with Gasteiger partial charge in [0.2, 0.25) is 0 Å². The average Bonchev–Trinajstić information content (AvgIpc) is 3.27. The van der Waals surface area contributed by atoms with Crippen molar-refractivity contribution in [2.75, 3.05) is 0 Å². The zero-order chi connectivity index (χ0) is 16.5. The van der Waals surface area contributed by atoms with Crippen molar-refractivity contribution >= 4 is 5.91 Å². The third-order valence-electron chi connectivity index (χ3n) is 4.69. The first-order valence-electron chi connectivity index (χ1n) is 9.33. The summed E-state index contributed by atoms with van der Waals surface area (Å²) in [4.78, 5) is 12.0. The van der Waals surface area contributed by atoms with E-state index in [2.05, 4.69) is 24.4 Å². The molecular weight excluding hydrogens is 284 g/mol. The normalized spacial score (nSPS) is 15.4. The van der Waals surface area contributed by atoms with E-state index in [1.54, 1.807) is 0 Å². The van der Waals surface area contributed by atoms with Crippen LogP contribution in [0, 0.1) is 0 Å². The fourth-order valence-electron chi connectivity index (χ4n) is 2.84. The minimum Gasteiger partial charge on any atom is -0.334 e. The minimum atomic E-state index is -0.438. The lowest BCUT2D eigenvalue weighted by Crippen LogP contribution is -2.43. The summed E-state index contributed by atoms with van der Waals surface area (Å²) in [7, 11) is 0. The number of nitrogens with two attached hydrogens (primary N) is 1. The molecule has 3 N–H and O–H groups in total. The predicted octanol–water partition coefficient (Wildman–Crippen LogP) is 4.55.